The summed E-state index contributed by atoms with van der Waals surface area (Å²) in [6.07, 6.45) is 5.59. The van der Waals surface area contributed by atoms with E-state index in [4.69, 9.17) is 0 Å². The lowest BCUT2D eigenvalue weighted by atomic mass is 9.97. The number of nitrogens with zero attached hydrogens (tertiary/aromatic N) is 4. The maximum atomic E-state index is 12.7. The average Bonchev–Trinajstić information content (AvgIpc) is 2.83. The molecule has 2 fully saturated rings. The first-order chi connectivity index (χ1) is 15.6. The molecule has 4 rings (SSSR count). The highest BCUT2D eigenvalue weighted by molar-refractivity contribution is 5.79. The van der Waals surface area contributed by atoms with Gasteiger partial charge in [0.05, 0.1) is 11.6 Å². The molecule has 2 aliphatic rings. The molecule has 32 heavy (non-hydrogen) atoms. The highest BCUT2D eigenvalue weighted by atomic mass is 16.1. The number of hydrogen-bond donors (Lipinski definition) is 1. The van der Waals surface area contributed by atoms with Crippen LogP contribution in [0.15, 0.2) is 36.4 Å². The molecule has 0 spiro atoms. The maximum absolute atomic E-state index is 12.7. The van der Waals surface area contributed by atoms with Crippen molar-refractivity contribution in [1.29, 1.82) is 0 Å². The number of carbonyl (C=O) groups excluding carboxylic acids is 1. The van der Waals surface area contributed by atoms with Crippen LogP contribution >= 0.6 is 0 Å². The third-order valence-corrected chi connectivity index (χ3v) is 6.94. The zero-order valence-corrected chi connectivity index (χ0v) is 19.6. The van der Waals surface area contributed by atoms with Crippen molar-refractivity contribution >= 4 is 11.7 Å². The van der Waals surface area contributed by atoms with E-state index in [2.05, 4.69) is 63.4 Å². The Labute approximate surface area is 192 Å². The van der Waals surface area contributed by atoms with Gasteiger partial charge in [-0.15, -0.1) is 10.2 Å². The highest BCUT2D eigenvalue weighted by Crippen LogP contribution is 2.24. The Kier molecular flexibility index (Phi) is 7.74. The second kappa shape index (κ2) is 10.9. The summed E-state index contributed by atoms with van der Waals surface area (Å²) < 4.78 is 0. The maximum Gasteiger partial charge on any atom is 0.224 e. The summed E-state index contributed by atoms with van der Waals surface area (Å²) in [5.41, 5.74) is 3.19. The van der Waals surface area contributed by atoms with Crippen molar-refractivity contribution < 1.29 is 4.79 Å². The number of likely N-dealkylation sites (tertiary alicyclic amines) is 1. The van der Waals surface area contributed by atoms with Gasteiger partial charge in [-0.3, -0.25) is 4.79 Å². The van der Waals surface area contributed by atoms with Gasteiger partial charge >= 0.3 is 0 Å². The molecule has 1 amide bonds. The van der Waals surface area contributed by atoms with E-state index in [1.165, 1.54) is 31.5 Å². The van der Waals surface area contributed by atoms with Crippen molar-refractivity contribution in [1.82, 2.24) is 20.4 Å². The lowest BCUT2D eigenvalue weighted by Gasteiger charge is -2.33. The Morgan fingerprint density at radius 3 is 2.53 bits per heavy atom. The van der Waals surface area contributed by atoms with Crippen LogP contribution in [0.4, 0.5) is 5.82 Å². The third kappa shape index (κ3) is 6.06. The Hall–Kier alpha value is -2.47. The van der Waals surface area contributed by atoms with E-state index in [1.54, 1.807) is 0 Å². The number of rotatable bonds is 7. The fraction of sp³-hybridized carbons (Fsp3) is 0.577. The van der Waals surface area contributed by atoms with Crippen LogP contribution in [-0.2, 0) is 4.79 Å². The van der Waals surface area contributed by atoms with Crippen molar-refractivity contribution in [2.24, 2.45) is 11.8 Å². The lowest BCUT2D eigenvalue weighted by Crippen LogP contribution is -2.44. The zero-order chi connectivity index (χ0) is 22.3. The average molecular weight is 436 g/mol. The van der Waals surface area contributed by atoms with E-state index in [1.807, 2.05) is 12.1 Å². The molecule has 172 valence electrons. The smallest absolute Gasteiger partial charge is 0.224 e. The number of amides is 1. The second-order valence-corrected chi connectivity index (χ2v) is 9.60. The number of aryl methyl sites for hydroxylation is 1. The fourth-order valence-electron chi connectivity index (χ4n) is 4.72. The third-order valence-electron chi connectivity index (χ3n) is 6.94. The van der Waals surface area contributed by atoms with Gasteiger partial charge < -0.3 is 15.1 Å². The summed E-state index contributed by atoms with van der Waals surface area (Å²) in [4.78, 5) is 17.5. The van der Waals surface area contributed by atoms with Crippen LogP contribution < -0.4 is 10.2 Å². The first-order valence-electron chi connectivity index (χ1n) is 12.2. The van der Waals surface area contributed by atoms with Crippen molar-refractivity contribution in [3.8, 4) is 11.3 Å². The van der Waals surface area contributed by atoms with Gasteiger partial charge in [0.2, 0.25) is 5.91 Å². The number of benzene rings is 1. The van der Waals surface area contributed by atoms with E-state index >= 15 is 0 Å². The molecule has 0 radical (unpaired) electrons. The first kappa shape index (κ1) is 22.7. The van der Waals surface area contributed by atoms with Crippen LogP contribution in [0.2, 0.25) is 0 Å². The predicted octanol–water partition coefficient (Wildman–Crippen LogP) is 3.91. The summed E-state index contributed by atoms with van der Waals surface area (Å²) in [5.74, 6) is 1.94. The van der Waals surface area contributed by atoms with Crippen LogP contribution in [0, 0.1) is 18.8 Å². The van der Waals surface area contributed by atoms with Crippen LogP contribution in [0.3, 0.4) is 0 Å². The summed E-state index contributed by atoms with van der Waals surface area (Å²) in [6, 6.07) is 12.4. The molecule has 2 aliphatic heterocycles. The molecule has 1 N–H and O–H groups in total. The summed E-state index contributed by atoms with van der Waals surface area (Å²) >= 11 is 0. The van der Waals surface area contributed by atoms with E-state index < -0.39 is 0 Å². The van der Waals surface area contributed by atoms with Crippen LogP contribution in [0.25, 0.3) is 11.3 Å². The first-order valence-corrected chi connectivity index (χ1v) is 12.2. The van der Waals surface area contributed by atoms with Crippen molar-refractivity contribution in [3.05, 3.63) is 42.0 Å². The minimum atomic E-state index is 0.0261. The van der Waals surface area contributed by atoms with Crippen molar-refractivity contribution in [2.45, 2.75) is 46.0 Å². The van der Waals surface area contributed by atoms with Crippen molar-refractivity contribution in [2.75, 3.05) is 44.2 Å². The SMILES string of the molecule is Cc1ccc(-c2ccc(N3CCCC(C(=O)NCCCN4CCC(C)CC4)C3)nn2)cc1. The Morgan fingerprint density at radius 2 is 1.81 bits per heavy atom. The fourth-order valence-corrected chi connectivity index (χ4v) is 4.72. The summed E-state index contributed by atoms with van der Waals surface area (Å²) in [5, 5.41) is 12.1. The van der Waals surface area contributed by atoms with E-state index in [9.17, 15) is 4.79 Å². The van der Waals surface area contributed by atoms with Crippen LogP contribution in [0.5, 0.6) is 0 Å². The van der Waals surface area contributed by atoms with Crippen molar-refractivity contribution in [3.63, 3.8) is 0 Å². The lowest BCUT2D eigenvalue weighted by molar-refractivity contribution is -0.125. The zero-order valence-electron chi connectivity index (χ0n) is 19.6. The van der Waals surface area contributed by atoms with Gasteiger partial charge in [-0.25, -0.2) is 0 Å². The standard InChI is InChI=1S/C26H37N5O/c1-20-6-8-22(9-7-20)24-10-11-25(29-28-24)31-16-3-5-23(19-31)26(32)27-14-4-15-30-17-12-21(2)13-18-30/h6-11,21,23H,3-5,12-19H2,1-2H3,(H,27,32). The minimum absolute atomic E-state index is 0.0261. The number of piperidine rings is 2. The van der Waals surface area contributed by atoms with Gasteiger partial charge in [-0.1, -0.05) is 36.8 Å². The second-order valence-electron chi connectivity index (χ2n) is 9.60. The molecular weight excluding hydrogens is 398 g/mol. The summed E-state index contributed by atoms with van der Waals surface area (Å²) in [7, 11) is 0. The molecular formula is C26H37N5O. The Morgan fingerprint density at radius 1 is 1.03 bits per heavy atom. The van der Waals surface area contributed by atoms with E-state index in [0.29, 0.717) is 6.54 Å². The molecule has 1 aromatic heterocycles. The molecule has 0 saturated carbocycles. The van der Waals surface area contributed by atoms with Gasteiger partial charge in [0.25, 0.3) is 0 Å². The van der Waals surface area contributed by atoms with Crippen LogP contribution in [-0.4, -0.2) is 60.3 Å². The van der Waals surface area contributed by atoms with E-state index in [-0.39, 0.29) is 11.8 Å². The molecule has 0 aliphatic carbocycles. The Balaban J connectivity index is 1.23. The quantitative estimate of drug-likeness (QED) is 0.668. The molecule has 1 unspecified atom stereocenters. The molecule has 0 bridgehead atoms. The molecule has 6 heteroatoms. The largest absolute Gasteiger partial charge is 0.356 e. The van der Waals surface area contributed by atoms with Gasteiger partial charge in [-0.05, 0) is 76.7 Å². The number of aromatic nitrogens is 2. The molecule has 2 saturated heterocycles. The minimum Gasteiger partial charge on any atom is -0.356 e. The molecule has 1 atom stereocenters. The molecule has 6 nitrogen and oxygen atoms in total. The van der Waals surface area contributed by atoms with Gasteiger partial charge in [0, 0.05) is 25.2 Å². The van der Waals surface area contributed by atoms with Crippen LogP contribution in [0.1, 0.15) is 44.6 Å². The van der Waals surface area contributed by atoms with Gasteiger partial charge in [-0.2, -0.15) is 0 Å². The van der Waals surface area contributed by atoms with Gasteiger partial charge in [0.15, 0.2) is 5.82 Å². The normalized spacial score (nSPS) is 20.3. The predicted molar refractivity (Wildman–Crippen MR) is 130 cm³/mol. The monoisotopic (exact) mass is 435 g/mol. The number of carbonyl (C=O) groups is 1. The molecule has 1 aromatic carbocycles. The van der Waals surface area contributed by atoms with Gasteiger partial charge in [0.1, 0.15) is 0 Å². The number of nitrogens with one attached hydrogen (secondary N) is 1. The number of anilines is 1. The number of hydrogen-bond acceptors (Lipinski definition) is 5. The molecule has 2 aromatic rings. The Bertz CT molecular complexity index is 859. The molecule has 3 heterocycles. The highest BCUT2D eigenvalue weighted by Gasteiger charge is 2.26. The van der Waals surface area contributed by atoms with E-state index in [0.717, 1.165) is 61.9 Å². The topological polar surface area (TPSA) is 61.4 Å². The summed E-state index contributed by atoms with van der Waals surface area (Å²) in [6.45, 7) is 10.3.